The van der Waals surface area contributed by atoms with Crippen LogP contribution in [0.2, 0.25) is 0 Å². The topological polar surface area (TPSA) is 30.5 Å². The van der Waals surface area contributed by atoms with E-state index in [2.05, 4.69) is 5.32 Å². The summed E-state index contributed by atoms with van der Waals surface area (Å²) >= 11 is 0. The number of rotatable bonds is 5. The molecule has 1 atom stereocenters. The highest BCUT2D eigenvalue weighted by Crippen LogP contribution is 2.29. The van der Waals surface area contributed by atoms with Gasteiger partial charge < -0.3 is 14.8 Å². The molecule has 1 aliphatic rings. The van der Waals surface area contributed by atoms with Gasteiger partial charge in [0.1, 0.15) is 23.4 Å². The summed E-state index contributed by atoms with van der Waals surface area (Å²) in [5, 5.41) is 3.34. The van der Waals surface area contributed by atoms with Gasteiger partial charge >= 0.3 is 0 Å². The van der Waals surface area contributed by atoms with Crippen molar-refractivity contribution in [3.8, 4) is 11.5 Å². The third-order valence-electron chi connectivity index (χ3n) is 3.44. The molecule has 0 saturated carbocycles. The molecule has 4 heteroatoms. The van der Waals surface area contributed by atoms with Crippen molar-refractivity contribution in [2.24, 2.45) is 0 Å². The van der Waals surface area contributed by atoms with Crippen LogP contribution in [0.15, 0.2) is 42.5 Å². The first-order valence-corrected chi connectivity index (χ1v) is 7.16. The predicted molar refractivity (Wildman–Crippen MR) is 80.6 cm³/mol. The molecule has 1 heterocycles. The zero-order valence-corrected chi connectivity index (χ0v) is 11.9. The highest BCUT2D eigenvalue weighted by atomic mass is 19.1. The average molecular weight is 287 g/mol. The Morgan fingerprint density at radius 2 is 2.19 bits per heavy atom. The maximum Gasteiger partial charge on any atom is 0.123 e. The first-order chi connectivity index (χ1) is 10.2. The van der Waals surface area contributed by atoms with E-state index in [1.165, 1.54) is 6.07 Å². The number of fused-ring (bicyclic) bond motifs is 1. The lowest BCUT2D eigenvalue weighted by atomic mass is 10.1. The summed E-state index contributed by atoms with van der Waals surface area (Å²) < 4.78 is 24.4. The third-order valence-corrected chi connectivity index (χ3v) is 3.44. The van der Waals surface area contributed by atoms with Gasteiger partial charge in [-0.15, -0.1) is 0 Å². The minimum atomic E-state index is -0.213. The van der Waals surface area contributed by atoms with Crippen molar-refractivity contribution in [3.05, 3.63) is 53.8 Å². The molecule has 1 unspecified atom stereocenters. The van der Waals surface area contributed by atoms with Crippen LogP contribution in [0.5, 0.6) is 11.5 Å². The zero-order chi connectivity index (χ0) is 14.7. The van der Waals surface area contributed by atoms with Gasteiger partial charge in [-0.2, -0.15) is 0 Å². The van der Waals surface area contributed by atoms with Crippen LogP contribution in [0.3, 0.4) is 0 Å². The molecule has 3 nitrogen and oxygen atoms in total. The molecule has 0 fully saturated rings. The number of nitrogens with one attached hydrogen (secondary N) is 1. The maximum atomic E-state index is 13.2. The molecule has 1 N–H and O–H groups in total. The molecule has 2 aromatic rings. The van der Waals surface area contributed by atoms with Crippen molar-refractivity contribution in [1.82, 2.24) is 0 Å². The average Bonchev–Trinajstić information content (AvgIpc) is 2.88. The summed E-state index contributed by atoms with van der Waals surface area (Å²) in [4.78, 5) is 0. The van der Waals surface area contributed by atoms with E-state index in [1.54, 1.807) is 12.1 Å². The number of hydrogen-bond acceptors (Lipinski definition) is 3. The van der Waals surface area contributed by atoms with Gasteiger partial charge in [-0.3, -0.25) is 0 Å². The van der Waals surface area contributed by atoms with Gasteiger partial charge in [0.25, 0.3) is 0 Å². The molecule has 0 bridgehead atoms. The van der Waals surface area contributed by atoms with Crippen LogP contribution in [0.25, 0.3) is 0 Å². The fourth-order valence-corrected chi connectivity index (χ4v) is 2.50. The fourth-order valence-electron chi connectivity index (χ4n) is 2.50. The maximum absolute atomic E-state index is 13.2. The van der Waals surface area contributed by atoms with E-state index < -0.39 is 0 Å². The van der Waals surface area contributed by atoms with Gasteiger partial charge in [-0.05, 0) is 37.3 Å². The molecule has 110 valence electrons. The van der Waals surface area contributed by atoms with Gasteiger partial charge in [0.05, 0.1) is 13.2 Å². The lowest BCUT2D eigenvalue weighted by Gasteiger charge is -2.13. The normalized spacial score (nSPS) is 16.2. The summed E-state index contributed by atoms with van der Waals surface area (Å²) in [6.45, 7) is 3.28. The number of benzene rings is 2. The van der Waals surface area contributed by atoms with Crippen molar-refractivity contribution in [2.45, 2.75) is 19.4 Å². The van der Waals surface area contributed by atoms with Crippen LogP contribution in [0.1, 0.15) is 12.5 Å². The number of ether oxygens (including phenoxy) is 2. The molecule has 0 aliphatic carbocycles. The minimum absolute atomic E-state index is 0.0255. The summed E-state index contributed by atoms with van der Waals surface area (Å²) in [5.41, 5.74) is 1.93. The van der Waals surface area contributed by atoms with E-state index >= 15 is 0 Å². The Bertz CT molecular complexity index is 630. The fraction of sp³-hybridized carbons (Fsp3) is 0.294. The lowest BCUT2D eigenvalue weighted by Crippen LogP contribution is -2.23. The van der Waals surface area contributed by atoms with E-state index in [0.717, 1.165) is 29.2 Å². The molecule has 0 amide bonds. The second-order valence-electron chi connectivity index (χ2n) is 5.04. The van der Waals surface area contributed by atoms with E-state index in [0.29, 0.717) is 13.2 Å². The van der Waals surface area contributed by atoms with Gasteiger partial charge in [0.15, 0.2) is 0 Å². The molecule has 0 spiro atoms. The molecule has 0 aromatic heterocycles. The van der Waals surface area contributed by atoms with Gasteiger partial charge in [0.2, 0.25) is 0 Å². The molecule has 21 heavy (non-hydrogen) atoms. The molecule has 1 aliphatic heterocycles. The highest BCUT2D eigenvalue weighted by Gasteiger charge is 2.22. The Morgan fingerprint density at radius 3 is 3.05 bits per heavy atom. The van der Waals surface area contributed by atoms with Crippen LogP contribution in [-0.2, 0) is 6.42 Å². The SMILES string of the molecule is CCOc1cccc(NCC2Cc3cc(F)ccc3O2)c1. The van der Waals surface area contributed by atoms with Crippen LogP contribution in [-0.4, -0.2) is 19.3 Å². The van der Waals surface area contributed by atoms with E-state index in [9.17, 15) is 4.39 Å². The summed E-state index contributed by atoms with van der Waals surface area (Å²) in [5.74, 6) is 1.42. The standard InChI is InChI=1S/C17H18FNO2/c1-2-20-15-5-3-4-14(10-15)19-11-16-9-12-8-13(18)6-7-17(12)21-16/h3-8,10,16,19H,2,9,11H2,1H3. The van der Waals surface area contributed by atoms with Crippen LogP contribution in [0, 0.1) is 5.82 Å². The number of anilines is 1. The Labute approximate surface area is 123 Å². The second kappa shape index (κ2) is 6.04. The Kier molecular flexibility index (Phi) is 3.95. The molecule has 0 saturated heterocycles. The molecule has 0 radical (unpaired) electrons. The predicted octanol–water partition coefficient (Wildman–Crippen LogP) is 3.64. The molecular formula is C17H18FNO2. The van der Waals surface area contributed by atoms with E-state index in [4.69, 9.17) is 9.47 Å². The minimum Gasteiger partial charge on any atom is -0.494 e. The number of halogens is 1. The van der Waals surface area contributed by atoms with E-state index in [-0.39, 0.29) is 11.9 Å². The Balaban J connectivity index is 1.58. The largest absolute Gasteiger partial charge is 0.494 e. The van der Waals surface area contributed by atoms with E-state index in [1.807, 2.05) is 31.2 Å². The van der Waals surface area contributed by atoms with Gasteiger partial charge in [-0.25, -0.2) is 4.39 Å². The van der Waals surface area contributed by atoms with Crippen molar-refractivity contribution >= 4 is 5.69 Å². The van der Waals surface area contributed by atoms with Crippen LogP contribution >= 0.6 is 0 Å². The summed E-state index contributed by atoms with van der Waals surface area (Å²) in [7, 11) is 0. The first-order valence-electron chi connectivity index (χ1n) is 7.16. The Morgan fingerprint density at radius 1 is 1.29 bits per heavy atom. The van der Waals surface area contributed by atoms with Crippen molar-refractivity contribution < 1.29 is 13.9 Å². The van der Waals surface area contributed by atoms with Gasteiger partial charge in [0, 0.05) is 23.7 Å². The molecular weight excluding hydrogens is 269 g/mol. The quantitative estimate of drug-likeness (QED) is 0.910. The zero-order valence-electron chi connectivity index (χ0n) is 11.9. The Hall–Kier alpha value is -2.23. The van der Waals surface area contributed by atoms with Crippen LogP contribution in [0.4, 0.5) is 10.1 Å². The van der Waals surface area contributed by atoms with Crippen molar-refractivity contribution in [1.29, 1.82) is 0 Å². The van der Waals surface area contributed by atoms with Gasteiger partial charge in [-0.1, -0.05) is 6.07 Å². The lowest BCUT2D eigenvalue weighted by molar-refractivity contribution is 0.246. The smallest absolute Gasteiger partial charge is 0.123 e. The summed E-state index contributed by atoms with van der Waals surface area (Å²) in [6, 6.07) is 12.5. The van der Waals surface area contributed by atoms with Crippen molar-refractivity contribution in [3.63, 3.8) is 0 Å². The molecule has 3 rings (SSSR count). The monoisotopic (exact) mass is 287 g/mol. The summed E-state index contributed by atoms with van der Waals surface area (Å²) in [6.07, 6.45) is 0.753. The highest BCUT2D eigenvalue weighted by molar-refractivity contribution is 5.48. The van der Waals surface area contributed by atoms with Crippen LogP contribution < -0.4 is 14.8 Å². The third kappa shape index (κ3) is 3.27. The molecule has 2 aromatic carbocycles. The van der Waals surface area contributed by atoms with Crippen molar-refractivity contribution in [2.75, 3.05) is 18.5 Å². The second-order valence-corrected chi connectivity index (χ2v) is 5.04. The first kappa shape index (κ1) is 13.7. The number of hydrogen-bond donors (Lipinski definition) is 1.